The van der Waals surface area contributed by atoms with Gasteiger partial charge in [-0.15, -0.1) is 24.8 Å². The van der Waals surface area contributed by atoms with Gasteiger partial charge in [-0.05, 0) is 17.5 Å². The molecule has 6 heteroatoms. The van der Waals surface area contributed by atoms with Gasteiger partial charge >= 0.3 is 0 Å². The molecule has 0 unspecified atom stereocenters. The molecule has 0 radical (unpaired) electrons. The Morgan fingerprint density at radius 1 is 1.25 bits per heavy atom. The second-order valence-corrected chi connectivity index (χ2v) is 6.02. The molecule has 1 fully saturated rings. The van der Waals surface area contributed by atoms with E-state index in [9.17, 15) is 0 Å². The third-order valence-corrected chi connectivity index (χ3v) is 3.44. The summed E-state index contributed by atoms with van der Waals surface area (Å²) < 4.78 is 5.76. The number of halogens is 2. The minimum absolute atomic E-state index is 0. The SMILES string of the molecule is CC(C)(C)[C@@H](c1ccc(CO)o1)N1CCNCC1.Cl.Cl. The van der Waals surface area contributed by atoms with Gasteiger partial charge < -0.3 is 14.8 Å². The van der Waals surface area contributed by atoms with Gasteiger partial charge in [-0.3, -0.25) is 4.90 Å². The van der Waals surface area contributed by atoms with Gasteiger partial charge in [-0.1, -0.05) is 20.8 Å². The molecule has 4 nitrogen and oxygen atoms in total. The zero-order valence-electron chi connectivity index (χ0n) is 12.4. The largest absolute Gasteiger partial charge is 0.462 e. The zero-order chi connectivity index (χ0) is 13.2. The molecule has 1 aliphatic rings. The molecule has 1 aromatic rings. The molecule has 118 valence electrons. The van der Waals surface area contributed by atoms with Gasteiger partial charge in [0.05, 0.1) is 6.04 Å². The predicted octanol–water partition coefficient (Wildman–Crippen LogP) is 2.61. The van der Waals surface area contributed by atoms with Crippen LogP contribution in [0.15, 0.2) is 16.5 Å². The average Bonchev–Trinajstić information content (AvgIpc) is 2.77. The van der Waals surface area contributed by atoms with Crippen molar-refractivity contribution < 1.29 is 9.52 Å². The van der Waals surface area contributed by atoms with Crippen LogP contribution in [0.2, 0.25) is 0 Å². The molecule has 0 bridgehead atoms. The van der Waals surface area contributed by atoms with Crippen LogP contribution in [0.4, 0.5) is 0 Å². The molecular weight excluding hydrogens is 299 g/mol. The van der Waals surface area contributed by atoms with Crippen LogP contribution in [0.1, 0.15) is 38.3 Å². The third kappa shape index (κ3) is 4.64. The van der Waals surface area contributed by atoms with Gasteiger partial charge in [0.15, 0.2) is 0 Å². The first kappa shape index (κ1) is 19.7. The lowest BCUT2D eigenvalue weighted by molar-refractivity contribution is 0.0672. The summed E-state index contributed by atoms with van der Waals surface area (Å²) in [4.78, 5) is 2.47. The molecule has 1 aliphatic heterocycles. The summed E-state index contributed by atoms with van der Waals surface area (Å²) in [5.74, 6) is 1.61. The quantitative estimate of drug-likeness (QED) is 0.897. The van der Waals surface area contributed by atoms with Crippen LogP contribution in [0.25, 0.3) is 0 Å². The fourth-order valence-electron chi connectivity index (χ4n) is 2.72. The van der Waals surface area contributed by atoms with Crippen molar-refractivity contribution in [1.82, 2.24) is 10.2 Å². The first-order valence-corrected chi connectivity index (χ1v) is 6.66. The van der Waals surface area contributed by atoms with E-state index in [1.807, 2.05) is 12.1 Å². The number of aliphatic hydroxyl groups is 1. The lowest BCUT2D eigenvalue weighted by atomic mass is 9.84. The van der Waals surface area contributed by atoms with Crippen molar-refractivity contribution in [2.45, 2.75) is 33.4 Å². The summed E-state index contributed by atoms with van der Waals surface area (Å²) in [7, 11) is 0. The van der Waals surface area contributed by atoms with E-state index in [-0.39, 0.29) is 42.9 Å². The number of rotatable bonds is 3. The molecule has 0 aromatic carbocycles. The molecule has 0 spiro atoms. The number of piperazine rings is 1. The number of nitrogens with zero attached hydrogens (tertiary/aromatic N) is 1. The van der Waals surface area contributed by atoms with E-state index in [2.05, 4.69) is 31.0 Å². The Morgan fingerprint density at radius 3 is 2.30 bits per heavy atom. The summed E-state index contributed by atoms with van der Waals surface area (Å²) in [6.45, 7) is 10.8. The van der Waals surface area contributed by atoms with E-state index in [4.69, 9.17) is 9.52 Å². The summed E-state index contributed by atoms with van der Waals surface area (Å²) in [5, 5.41) is 12.5. The lowest BCUT2D eigenvalue weighted by Crippen LogP contribution is -2.48. The van der Waals surface area contributed by atoms with Crippen LogP contribution < -0.4 is 5.32 Å². The monoisotopic (exact) mass is 324 g/mol. The van der Waals surface area contributed by atoms with Crippen molar-refractivity contribution in [2.75, 3.05) is 26.2 Å². The van der Waals surface area contributed by atoms with E-state index in [1.54, 1.807) is 0 Å². The van der Waals surface area contributed by atoms with Crippen LogP contribution in [0.5, 0.6) is 0 Å². The Labute approximate surface area is 133 Å². The molecule has 0 amide bonds. The molecule has 20 heavy (non-hydrogen) atoms. The molecule has 2 N–H and O–H groups in total. The molecule has 0 saturated carbocycles. The maximum atomic E-state index is 9.13. The summed E-state index contributed by atoms with van der Waals surface area (Å²) in [6.07, 6.45) is 0. The highest BCUT2D eigenvalue weighted by atomic mass is 35.5. The topological polar surface area (TPSA) is 48.6 Å². The average molecular weight is 325 g/mol. The summed E-state index contributed by atoms with van der Waals surface area (Å²) >= 11 is 0. The highest BCUT2D eigenvalue weighted by molar-refractivity contribution is 5.85. The van der Waals surface area contributed by atoms with Crippen LogP contribution in [0.3, 0.4) is 0 Å². The summed E-state index contributed by atoms with van der Waals surface area (Å²) in [5.41, 5.74) is 0.113. The van der Waals surface area contributed by atoms with E-state index >= 15 is 0 Å². The van der Waals surface area contributed by atoms with Crippen molar-refractivity contribution in [3.63, 3.8) is 0 Å². The van der Waals surface area contributed by atoms with Crippen molar-refractivity contribution in [3.05, 3.63) is 23.7 Å². The van der Waals surface area contributed by atoms with Crippen molar-refractivity contribution in [1.29, 1.82) is 0 Å². The molecule has 2 heterocycles. The summed E-state index contributed by atoms with van der Waals surface area (Å²) in [6, 6.07) is 4.14. The number of aliphatic hydroxyl groups excluding tert-OH is 1. The Kier molecular flexibility index (Phi) is 8.14. The molecule has 1 saturated heterocycles. The van der Waals surface area contributed by atoms with Crippen molar-refractivity contribution in [2.24, 2.45) is 5.41 Å². The fraction of sp³-hybridized carbons (Fsp3) is 0.714. The standard InChI is InChI=1S/C14H24N2O2.2ClH/c1-14(2,3)13(16-8-6-15-7-9-16)12-5-4-11(10-17)18-12;;/h4-5,13,15,17H,6-10H2,1-3H3;2*1H/t13-;;/m1../s1. The first-order chi connectivity index (χ1) is 8.52. The van der Waals surface area contributed by atoms with E-state index in [0.29, 0.717) is 5.76 Å². The maximum absolute atomic E-state index is 9.13. The van der Waals surface area contributed by atoms with Gasteiger partial charge in [-0.25, -0.2) is 0 Å². The third-order valence-electron chi connectivity index (χ3n) is 3.44. The first-order valence-electron chi connectivity index (χ1n) is 6.66. The minimum atomic E-state index is -0.0293. The molecule has 2 rings (SSSR count). The Bertz CT molecular complexity index is 385. The molecule has 1 atom stereocenters. The second-order valence-electron chi connectivity index (χ2n) is 6.02. The predicted molar refractivity (Wildman–Crippen MR) is 85.8 cm³/mol. The van der Waals surface area contributed by atoms with Crippen LogP contribution >= 0.6 is 24.8 Å². The van der Waals surface area contributed by atoms with Gasteiger partial charge in [0.1, 0.15) is 18.1 Å². The van der Waals surface area contributed by atoms with Crippen LogP contribution in [-0.4, -0.2) is 36.2 Å². The van der Waals surface area contributed by atoms with Crippen LogP contribution in [0, 0.1) is 5.41 Å². The van der Waals surface area contributed by atoms with Gasteiger partial charge in [0, 0.05) is 26.2 Å². The van der Waals surface area contributed by atoms with E-state index < -0.39 is 0 Å². The lowest BCUT2D eigenvalue weighted by Gasteiger charge is -2.41. The van der Waals surface area contributed by atoms with E-state index in [0.717, 1.165) is 31.9 Å². The fourth-order valence-corrected chi connectivity index (χ4v) is 2.72. The highest BCUT2D eigenvalue weighted by Crippen LogP contribution is 2.38. The molecule has 1 aromatic heterocycles. The van der Waals surface area contributed by atoms with Crippen LogP contribution in [-0.2, 0) is 6.61 Å². The van der Waals surface area contributed by atoms with Gasteiger partial charge in [-0.2, -0.15) is 0 Å². The van der Waals surface area contributed by atoms with E-state index in [1.165, 1.54) is 0 Å². The maximum Gasteiger partial charge on any atom is 0.129 e. The van der Waals surface area contributed by atoms with Gasteiger partial charge in [0.2, 0.25) is 0 Å². The second kappa shape index (κ2) is 8.25. The minimum Gasteiger partial charge on any atom is -0.462 e. The number of hydrogen-bond donors (Lipinski definition) is 2. The Morgan fingerprint density at radius 2 is 1.85 bits per heavy atom. The molecule has 0 aliphatic carbocycles. The van der Waals surface area contributed by atoms with Crippen molar-refractivity contribution >= 4 is 24.8 Å². The number of hydrogen-bond acceptors (Lipinski definition) is 4. The van der Waals surface area contributed by atoms with Gasteiger partial charge in [0.25, 0.3) is 0 Å². The smallest absolute Gasteiger partial charge is 0.129 e. The van der Waals surface area contributed by atoms with Crippen molar-refractivity contribution in [3.8, 4) is 0 Å². The normalized spacial score (nSPS) is 18.0. The highest BCUT2D eigenvalue weighted by Gasteiger charge is 2.34. The Hall–Kier alpha value is -0.260. The zero-order valence-corrected chi connectivity index (χ0v) is 14.0. The Balaban J connectivity index is 0.00000180. The molecular formula is C14H26Cl2N2O2. The number of nitrogens with one attached hydrogen (secondary N) is 1. The number of furan rings is 1.